The van der Waals surface area contributed by atoms with Gasteiger partial charge in [0.2, 0.25) is 0 Å². The number of amides is 2. The molecule has 0 saturated carbocycles. The molecule has 0 bridgehead atoms. The minimum absolute atomic E-state index is 0.0991. The molecule has 0 atom stereocenters. The molecule has 3 rings (SSSR count). The number of benzene rings is 1. The van der Waals surface area contributed by atoms with Gasteiger partial charge in [0.05, 0.1) is 5.57 Å². The first-order chi connectivity index (χ1) is 9.70. The predicted octanol–water partition coefficient (Wildman–Crippen LogP) is 2.78. The second-order valence-corrected chi connectivity index (χ2v) is 4.98. The van der Waals surface area contributed by atoms with Gasteiger partial charge in [0, 0.05) is 5.70 Å². The Morgan fingerprint density at radius 2 is 1.75 bits per heavy atom. The predicted molar refractivity (Wildman–Crippen MR) is 74.4 cm³/mol. The van der Waals surface area contributed by atoms with Gasteiger partial charge in [-0.1, -0.05) is 36.4 Å². The molecular weight excluding hydrogens is 254 g/mol. The minimum atomic E-state index is -0.609. The Morgan fingerprint density at radius 3 is 2.40 bits per heavy atom. The van der Waals surface area contributed by atoms with Crippen LogP contribution in [0, 0.1) is 0 Å². The summed E-state index contributed by atoms with van der Waals surface area (Å²) < 4.78 is 0. The average molecular weight is 269 g/mol. The zero-order valence-electron chi connectivity index (χ0n) is 11.0. The highest BCUT2D eigenvalue weighted by Gasteiger charge is 2.41. The van der Waals surface area contributed by atoms with E-state index in [0.29, 0.717) is 17.7 Å². The lowest BCUT2D eigenvalue weighted by Gasteiger charge is -2.21. The first-order valence-corrected chi connectivity index (χ1v) is 6.76. The lowest BCUT2D eigenvalue weighted by Crippen LogP contribution is -2.31. The lowest BCUT2D eigenvalue weighted by atomic mass is 10.0. The zero-order valence-corrected chi connectivity index (χ0v) is 11.0. The average Bonchev–Trinajstić information content (AvgIpc) is 2.71. The number of hydrogen-bond donors (Lipinski definition) is 1. The fourth-order valence-corrected chi connectivity index (χ4v) is 2.67. The quantitative estimate of drug-likeness (QED) is 0.840. The Labute approximate surface area is 117 Å². The molecule has 0 saturated heterocycles. The van der Waals surface area contributed by atoms with E-state index < -0.39 is 17.6 Å². The molecule has 1 aliphatic carbocycles. The number of aliphatic hydroxyl groups is 1. The highest BCUT2D eigenvalue weighted by atomic mass is 16.3. The van der Waals surface area contributed by atoms with Crippen LogP contribution in [0.15, 0.2) is 47.9 Å². The summed E-state index contributed by atoms with van der Waals surface area (Å²) in [4.78, 5) is 25.7. The van der Waals surface area contributed by atoms with Crippen LogP contribution in [0.1, 0.15) is 31.2 Å². The maximum atomic E-state index is 12.5. The van der Waals surface area contributed by atoms with E-state index >= 15 is 0 Å². The first kappa shape index (κ1) is 12.7. The van der Waals surface area contributed by atoms with Crippen LogP contribution >= 0.6 is 0 Å². The number of imide groups is 1. The Kier molecular flexibility index (Phi) is 3.14. The van der Waals surface area contributed by atoms with Crippen molar-refractivity contribution in [3.05, 3.63) is 53.4 Å². The molecule has 2 amide bonds. The van der Waals surface area contributed by atoms with Gasteiger partial charge in [0.15, 0.2) is 5.76 Å². The molecular formula is C16H15NO3. The van der Waals surface area contributed by atoms with Gasteiger partial charge in [0.25, 0.3) is 5.91 Å². The summed E-state index contributed by atoms with van der Waals surface area (Å²) in [5.41, 5.74) is 1.38. The van der Waals surface area contributed by atoms with Crippen LogP contribution in [0.5, 0.6) is 0 Å². The van der Waals surface area contributed by atoms with Crippen LogP contribution in [0.2, 0.25) is 0 Å². The molecule has 20 heavy (non-hydrogen) atoms. The number of carbonyl (C=O) groups excluding carboxylic acids is 2. The molecule has 4 nitrogen and oxygen atoms in total. The number of hydrogen-bond acceptors (Lipinski definition) is 3. The number of aliphatic hydroxyl groups excluding tert-OH is 1. The number of nitrogens with zero attached hydrogens (tertiary/aromatic N) is 1. The van der Waals surface area contributed by atoms with Crippen molar-refractivity contribution in [3.8, 4) is 0 Å². The van der Waals surface area contributed by atoms with Crippen LogP contribution in [-0.2, 0) is 9.59 Å². The summed E-state index contributed by atoms with van der Waals surface area (Å²) in [6.45, 7) is 0. The van der Waals surface area contributed by atoms with Crippen molar-refractivity contribution in [1.82, 2.24) is 4.90 Å². The summed E-state index contributed by atoms with van der Waals surface area (Å²) in [6.07, 6.45) is 5.52. The number of rotatable bonds is 2. The summed E-state index contributed by atoms with van der Waals surface area (Å²) in [5, 5.41) is 10.0. The maximum absolute atomic E-state index is 12.5. The van der Waals surface area contributed by atoms with Crippen molar-refractivity contribution in [1.29, 1.82) is 0 Å². The van der Waals surface area contributed by atoms with E-state index in [2.05, 4.69) is 0 Å². The third-order valence-corrected chi connectivity index (χ3v) is 3.68. The van der Waals surface area contributed by atoms with E-state index in [9.17, 15) is 14.7 Å². The Bertz CT molecular complexity index is 628. The number of allylic oxidation sites excluding steroid dienone is 2. The van der Waals surface area contributed by atoms with E-state index in [1.807, 2.05) is 12.1 Å². The second-order valence-electron chi connectivity index (χ2n) is 4.98. The van der Waals surface area contributed by atoms with E-state index in [-0.39, 0.29) is 5.57 Å². The van der Waals surface area contributed by atoms with Gasteiger partial charge in [-0.3, -0.25) is 9.59 Å². The van der Waals surface area contributed by atoms with Crippen LogP contribution in [0.4, 0.5) is 0 Å². The van der Waals surface area contributed by atoms with Gasteiger partial charge in [-0.15, -0.1) is 0 Å². The molecule has 0 unspecified atom stereocenters. The van der Waals surface area contributed by atoms with Crippen LogP contribution in [-0.4, -0.2) is 21.8 Å². The summed E-state index contributed by atoms with van der Waals surface area (Å²) in [5.74, 6) is -1.48. The summed E-state index contributed by atoms with van der Waals surface area (Å²) in [7, 11) is 0. The molecule has 1 aliphatic heterocycles. The lowest BCUT2D eigenvalue weighted by molar-refractivity contribution is -0.135. The van der Waals surface area contributed by atoms with E-state index in [4.69, 9.17) is 0 Å². The smallest absolute Gasteiger partial charge is 0.300 e. The van der Waals surface area contributed by atoms with Crippen LogP contribution < -0.4 is 0 Å². The van der Waals surface area contributed by atoms with Crippen molar-refractivity contribution in [2.24, 2.45) is 0 Å². The van der Waals surface area contributed by atoms with Gasteiger partial charge >= 0.3 is 5.91 Å². The Hall–Kier alpha value is -2.36. The van der Waals surface area contributed by atoms with Gasteiger partial charge in [-0.2, -0.15) is 0 Å². The SMILES string of the molecule is O=C1C(O)=C(c2ccccc2)C(=O)N1C1=CCCCC1. The standard InChI is InChI=1S/C16H15NO3/c18-14-13(11-7-3-1-4-8-11)15(19)17(16(14)20)12-9-5-2-6-10-12/h1,3-4,7-9,18H,2,5-6,10H2. The Morgan fingerprint density at radius 1 is 1.00 bits per heavy atom. The third-order valence-electron chi connectivity index (χ3n) is 3.68. The molecule has 0 spiro atoms. The fourth-order valence-electron chi connectivity index (χ4n) is 2.67. The van der Waals surface area contributed by atoms with Gasteiger partial charge < -0.3 is 5.11 Å². The molecule has 2 aliphatic rings. The molecule has 0 aromatic heterocycles. The molecule has 0 radical (unpaired) electrons. The molecule has 4 heteroatoms. The van der Waals surface area contributed by atoms with Crippen molar-refractivity contribution in [3.63, 3.8) is 0 Å². The molecule has 1 N–H and O–H groups in total. The normalized spacial score (nSPS) is 19.6. The molecule has 1 aromatic carbocycles. The van der Waals surface area contributed by atoms with E-state index in [0.717, 1.165) is 24.2 Å². The molecule has 0 fully saturated rings. The zero-order chi connectivity index (χ0) is 14.1. The second kappa shape index (κ2) is 4.96. The highest BCUT2D eigenvalue weighted by Crippen LogP contribution is 2.33. The van der Waals surface area contributed by atoms with Crippen LogP contribution in [0.25, 0.3) is 5.57 Å². The highest BCUT2D eigenvalue weighted by molar-refractivity contribution is 6.35. The van der Waals surface area contributed by atoms with Crippen molar-refractivity contribution < 1.29 is 14.7 Å². The van der Waals surface area contributed by atoms with Gasteiger partial charge in [-0.25, -0.2) is 4.90 Å². The van der Waals surface area contributed by atoms with Crippen LogP contribution in [0.3, 0.4) is 0 Å². The van der Waals surface area contributed by atoms with Crippen molar-refractivity contribution in [2.75, 3.05) is 0 Å². The topological polar surface area (TPSA) is 57.6 Å². The summed E-state index contributed by atoms with van der Waals surface area (Å²) in [6, 6.07) is 8.81. The van der Waals surface area contributed by atoms with Gasteiger partial charge in [-0.05, 0) is 31.2 Å². The molecule has 1 aromatic rings. The third kappa shape index (κ3) is 1.93. The molecule has 1 heterocycles. The Balaban J connectivity index is 2.00. The molecule has 102 valence electrons. The van der Waals surface area contributed by atoms with Crippen molar-refractivity contribution >= 4 is 17.4 Å². The van der Waals surface area contributed by atoms with E-state index in [1.54, 1.807) is 24.3 Å². The monoisotopic (exact) mass is 269 g/mol. The van der Waals surface area contributed by atoms with Crippen molar-refractivity contribution in [2.45, 2.75) is 25.7 Å². The summed E-state index contributed by atoms with van der Waals surface area (Å²) >= 11 is 0. The van der Waals surface area contributed by atoms with Gasteiger partial charge in [0.1, 0.15) is 0 Å². The minimum Gasteiger partial charge on any atom is -0.502 e. The van der Waals surface area contributed by atoms with E-state index in [1.165, 1.54) is 0 Å². The fraction of sp³-hybridized carbons (Fsp3) is 0.250. The maximum Gasteiger partial charge on any atom is 0.300 e. The number of carbonyl (C=O) groups is 2. The first-order valence-electron chi connectivity index (χ1n) is 6.76. The largest absolute Gasteiger partial charge is 0.502 e.